The van der Waals surface area contributed by atoms with Gasteiger partial charge in [0.25, 0.3) is 0 Å². The third-order valence-corrected chi connectivity index (χ3v) is 5.41. The molecule has 1 aliphatic heterocycles. The van der Waals surface area contributed by atoms with E-state index >= 15 is 0 Å². The Kier molecular flexibility index (Phi) is 3.76. The number of hydrogen-bond acceptors (Lipinski definition) is 2. The third kappa shape index (κ3) is 2.60. The lowest BCUT2D eigenvalue weighted by atomic mass is 9.85. The molecule has 2 aromatic rings. The van der Waals surface area contributed by atoms with Gasteiger partial charge in [0.2, 0.25) is 5.91 Å². The topological polar surface area (TPSA) is 45.3 Å². The largest absolute Gasteiger partial charge is 0.497 e. The fourth-order valence-electron chi connectivity index (χ4n) is 4.11. The second kappa shape index (κ2) is 5.91. The van der Waals surface area contributed by atoms with Crippen LogP contribution < -0.4 is 4.74 Å². The van der Waals surface area contributed by atoms with Crippen LogP contribution in [0, 0.1) is 5.92 Å². The van der Waals surface area contributed by atoms with Gasteiger partial charge in [0.15, 0.2) is 0 Å². The Bertz CT molecular complexity index is 728. The molecule has 2 aliphatic rings. The van der Waals surface area contributed by atoms with Crippen molar-refractivity contribution < 1.29 is 9.53 Å². The second-order valence-corrected chi connectivity index (χ2v) is 6.82. The molecule has 1 unspecified atom stereocenters. The Hall–Kier alpha value is -1.97. The standard InChI is InChI=1S/C19H24N2O2/c1-23-14-6-8-18-16(12-14)15-11-13(5-7-17(15)20-18)19(22)21-9-3-2-4-10-21/h6,8,12-13,20H,2-5,7,9-11H2,1H3. The average molecular weight is 312 g/mol. The number of nitrogens with one attached hydrogen (secondary N) is 1. The van der Waals surface area contributed by atoms with Crippen molar-refractivity contribution in [2.45, 2.75) is 38.5 Å². The number of aryl methyl sites for hydroxylation is 1. The van der Waals surface area contributed by atoms with E-state index in [1.807, 2.05) is 6.07 Å². The van der Waals surface area contributed by atoms with E-state index in [-0.39, 0.29) is 5.92 Å². The second-order valence-electron chi connectivity index (χ2n) is 6.82. The van der Waals surface area contributed by atoms with E-state index in [1.54, 1.807) is 7.11 Å². The summed E-state index contributed by atoms with van der Waals surface area (Å²) in [5.41, 5.74) is 3.78. The Morgan fingerprint density at radius 2 is 2.09 bits per heavy atom. The molecular weight excluding hydrogens is 288 g/mol. The zero-order valence-electron chi connectivity index (χ0n) is 13.7. The summed E-state index contributed by atoms with van der Waals surface area (Å²) < 4.78 is 5.36. The van der Waals surface area contributed by atoms with Gasteiger partial charge in [0.05, 0.1) is 7.11 Å². The number of rotatable bonds is 2. The van der Waals surface area contributed by atoms with Crippen molar-refractivity contribution in [1.82, 2.24) is 9.88 Å². The van der Waals surface area contributed by atoms with Gasteiger partial charge >= 0.3 is 0 Å². The maximum atomic E-state index is 12.8. The lowest BCUT2D eigenvalue weighted by Gasteiger charge is -2.32. The van der Waals surface area contributed by atoms with Crippen LogP contribution in [0.15, 0.2) is 18.2 Å². The molecule has 1 amide bonds. The number of carbonyl (C=O) groups is 1. The molecule has 0 spiro atoms. The number of piperidine rings is 1. The highest BCUT2D eigenvalue weighted by molar-refractivity contribution is 5.88. The molecule has 4 heteroatoms. The molecule has 23 heavy (non-hydrogen) atoms. The number of amides is 1. The van der Waals surface area contributed by atoms with E-state index in [4.69, 9.17) is 4.74 Å². The number of hydrogen-bond donors (Lipinski definition) is 1. The van der Waals surface area contributed by atoms with Crippen LogP contribution >= 0.6 is 0 Å². The van der Waals surface area contributed by atoms with Gasteiger partial charge in [-0.3, -0.25) is 4.79 Å². The van der Waals surface area contributed by atoms with E-state index in [0.29, 0.717) is 5.91 Å². The molecule has 0 saturated carbocycles. The van der Waals surface area contributed by atoms with Gasteiger partial charge < -0.3 is 14.6 Å². The van der Waals surface area contributed by atoms with Crippen LogP contribution in [0.4, 0.5) is 0 Å². The molecule has 4 rings (SSSR count). The summed E-state index contributed by atoms with van der Waals surface area (Å²) in [5.74, 6) is 1.39. The molecule has 0 radical (unpaired) electrons. The van der Waals surface area contributed by atoms with Gasteiger partial charge in [-0.05, 0) is 62.3 Å². The van der Waals surface area contributed by atoms with Gasteiger partial charge in [0.1, 0.15) is 5.75 Å². The van der Waals surface area contributed by atoms with Gasteiger partial charge in [-0.1, -0.05) is 0 Å². The Morgan fingerprint density at radius 1 is 1.26 bits per heavy atom. The Morgan fingerprint density at radius 3 is 2.87 bits per heavy atom. The summed E-state index contributed by atoms with van der Waals surface area (Å²) in [7, 11) is 1.70. The minimum Gasteiger partial charge on any atom is -0.497 e. The molecule has 2 heterocycles. The first kappa shape index (κ1) is 14.6. The summed E-state index contributed by atoms with van der Waals surface area (Å²) in [6, 6.07) is 6.16. The highest BCUT2D eigenvalue weighted by Gasteiger charge is 2.30. The summed E-state index contributed by atoms with van der Waals surface area (Å²) in [6.07, 6.45) is 6.38. The van der Waals surface area contributed by atoms with E-state index in [0.717, 1.165) is 56.5 Å². The van der Waals surface area contributed by atoms with E-state index in [9.17, 15) is 4.79 Å². The minimum atomic E-state index is 0.144. The van der Waals surface area contributed by atoms with Crippen LogP contribution in [0.3, 0.4) is 0 Å². The van der Waals surface area contributed by atoms with Crippen molar-refractivity contribution in [3.63, 3.8) is 0 Å². The van der Waals surface area contributed by atoms with Crippen LogP contribution in [0.1, 0.15) is 36.9 Å². The number of carbonyl (C=O) groups excluding carboxylic acids is 1. The molecule has 1 atom stereocenters. The van der Waals surface area contributed by atoms with Crippen molar-refractivity contribution in [2.75, 3.05) is 20.2 Å². The van der Waals surface area contributed by atoms with Crippen molar-refractivity contribution in [3.8, 4) is 5.75 Å². The zero-order valence-corrected chi connectivity index (χ0v) is 13.7. The molecule has 1 fully saturated rings. The number of ether oxygens (including phenoxy) is 1. The molecule has 4 nitrogen and oxygen atoms in total. The molecule has 0 bridgehead atoms. The summed E-state index contributed by atoms with van der Waals surface area (Å²) in [5, 5.41) is 1.22. The van der Waals surface area contributed by atoms with Gasteiger partial charge in [0, 0.05) is 35.6 Å². The average Bonchev–Trinajstić information content (AvgIpc) is 2.98. The van der Waals surface area contributed by atoms with Gasteiger partial charge in [-0.25, -0.2) is 0 Å². The van der Waals surface area contributed by atoms with Crippen LogP contribution in [-0.2, 0) is 17.6 Å². The molecule has 1 aromatic heterocycles. The molecule has 1 N–H and O–H groups in total. The predicted molar refractivity (Wildman–Crippen MR) is 90.8 cm³/mol. The summed E-state index contributed by atoms with van der Waals surface area (Å²) in [6.45, 7) is 1.90. The molecule has 1 aliphatic carbocycles. The quantitative estimate of drug-likeness (QED) is 0.925. The number of benzene rings is 1. The number of aromatic amines is 1. The summed E-state index contributed by atoms with van der Waals surface area (Å²) >= 11 is 0. The Balaban J connectivity index is 1.61. The van der Waals surface area contributed by atoms with Crippen LogP contribution in [0.2, 0.25) is 0 Å². The maximum absolute atomic E-state index is 12.8. The first-order chi connectivity index (χ1) is 11.3. The maximum Gasteiger partial charge on any atom is 0.226 e. The van der Waals surface area contributed by atoms with Crippen molar-refractivity contribution in [1.29, 1.82) is 0 Å². The Labute approximate surface area is 136 Å². The minimum absolute atomic E-state index is 0.144. The molecule has 1 aromatic carbocycles. The highest BCUT2D eigenvalue weighted by atomic mass is 16.5. The van der Waals surface area contributed by atoms with Gasteiger partial charge in [-0.15, -0.1) is 0 Å². The number of aromatic nitrogens is 1. The molecule has 1 saturated heterocycles. The SMILES string of the molecule is COc1ccc2[nH]c3c(c2c1)CC(C(=O)N1CCCCC1)CC3. The van der Waals surface area contributed by atoms with Crippen LogP contribution in [-0.4, -0.2) is 36.0 Å². The first-order valence-corrected chi connectivity index (χ1v) is 8.72. The fourth-order valence-corrected chi connectivity index (χ4v) is 4.11. The van der Waals surface area contributed by atoms with Crippen LogP contribution in [0.5, 0.6) is 5.75 Å². The van der Waals surface area contributed by atoms with Crippen molar-refractivity contribution in [2.24, 2.45) is 5.92 Å². The number of H-pyrrole nitrogens is 1. The van der Waals surface area contributed by atoms with Gasteiger partial charge in [-0.2, -0.15) is 0 Å². The number of likely N-dealkylation sites (tertiary alicyclic amines) is 1. The molecular formula is C19H24N2O2. The number of fused-ring (bicyclic) bond motifs is 3. The van der Waals surface area contributed by atoms with E-state index in [2.05, 4.69) is 22.0 Å². The number of nitrogens with zero attached hydrogens (tertiary/aromatic N) is 1. The van der Waals surface area contributed by atoms with E-state index in [1.165, 1.54) is 23.1 Å². The third-order valence-electron chi connectivity index (χ3n) is 5.41. The fraction of sp³-hybridized carbons (Fsp3) is 0.526. The first-order valence-electron chi connectivity index (χ1n) is 8.72. The predicted octanol–water partition coefficient (Wildman–Crippen LogP) is 3.29. The lowest BCUT2D eigenvalue weighted by Crippen LogP contribution is -2.41. The smallest absolute Gasteiger partial charge is 0.226 e. The van der Waals surface area contributed by atoms with Crippen LogP contribution in [0.25, 0.3) is 10.9 Å². The van der Waals surface area contributed by atoms with Crippen molar-refractivity contribution >= 4 is 16.8 Å². The molecule has 122 valence electrons. The highest BCUT2D eigenvalue weighted by Crippen LogP contribution is 2.34. The number of methoxy groups -OCH3 is 1. The summed E-state index contributed by atoms with van der Waals surface area (Å²) in [4.78, 5) is 18.5. The van der Waals surface area contributed by atoms with Crippen molar-refractivity contribution in [3.05, 3.63) is 29.5 Å². The zero-order chi connectivity index (χ0) is 15.8. The normalized spacial score (nSPS) is 21.3. The lowest BCUT2D eigenvalue weighted by molar-refractivity contribution is -0.136. The monoisotopic (exact) mass is 312 g/mol. The van der Waals surface area contributed by atoms with E-state index < -0.39 is 0 Å².